The maximum atomic E-state index is 9.33. The third kappa shape index (κ3) is 1.79. The van der Waals surface area contributed by atoms with Crippen molar-refractivity contribution in [2.45, 2.75) is 43.9 Å². The van der Waals surface area contributed by atoms with Crippen LogP contribution in [0.15, 0.2) is 6.07 Å². The molecule has 0 unspecified atom stereocenters. The molecule has 0 aromatic carbocycles. The first-order valence-electron chi connectivity index (χ1n) is 6.59. The molecule has 1 aliphatic heterocycles. The maximum Gasteiger partial charge on any atom is 0.163 e. The van der Waals surface area contributed by atoms with Gasteiger partial charge in [-0.1, -0.05) is 12.8 Å². The Morgan fingerprint density at radius 1 is 1.33 bits per heavy atom. The van der Waals surface area contributed by atoms with E-state index in [2.05, 4.69) is 22.1 Å². The van der Waals surface area contributed by atoms with E-state index in [0.29, 0.717) is 25.0 Å². The molecule has 1 saturated carbocycles. The zero-order valence-corrected chi connectivity index (χ0v) is 10.6. The molecule has 0 spiro atoms. The predicted octanol–water partition coefficient (Wildman–Crippen LogP) is 2.23. The highest BCUT2D eigenvalue weighted by Crippen LogP contribution is 2.35. The lowest BCUT2D eigenvalue weighted by molar-refractivity contribution is -0.0341. The van der Waals surface area contributed by atoms with E-state index in [4.69, 9.17) is 4.74 Å². The third-order valence-corrected chi connectivity index (χ3v) is 3.99. The molecule has 0 atom stereocenters. The van der Waals surface area contributed by atoms with Crippen molar-refractivity contribution >= 4 is 0 Å². The van der Waals surface area contributed by atoms with E-state index < -0.39 is 5.41 Å². The Kier molecular flexibility index (Phi) is 2.79. The molecule has 3 rings (SSSR count). The second-order valence-electron chi connectivity index (χ2n) is 5.43. The van der Waals surface area contributed by atoms with Crippen molar-refractivity contribution < 1.29 is 4.74 Å². The average molecular weight is 243 g/mol. The van der Waals surface area contributed by atoms with E-state index in [1.807, 2.05) is 6.92 Å². The number of aryl methyl sites for hydroxylation is 1. The average Bonchev–Trinajstić information content (AvgIpc) is 2.81. The molecule has 94 valence electrons. The Balaban J connectivity index is 1.98. The van der Waals surface area contributed by atoms with Crippen LogP contribution < -0.4 is 0 Å². The molecule has 18 heavy (non-hydrogen) atoms. The predicted molar refractivity (Wildman–Crippen MR) is 66.1 cm³/mol. The van der Waals surface area contributed by atoms with Crippen LogP contribution in [0.3, 0.4) is 0 Å². The molecule has 2 heterocycles. The van der Waals surface area contributed by atoms with Crippen molar-refractivity contribution in [1.29, 1.82) is 5.26 Å². The smallest absolute Gasteiger partial charge is 0.163 e. The van der Waals surface area contributed by atoms with Crippen molar-refractivity contribution in [3.05, 3.63) is 23.3 Å². The topological polar surface area (TPSA) is 58.8 Å². The Labute approximate surface area is 107 Å². The Morgan fingerprint density at radius 2 is 2.06 bits per heavy atom. The second kappa shape index (κ2) is 4.33. The summed E-state index contributed by atoms with van der Waals surface area (Å²) in [5.74, 6) is 1.22. The highest BCUT2D eigenvalue weighted by atomic mass is 16.5. The van der Waals surface area contributed by atoms with Crippen LogP contribution >= 0.6 is 0 Å². The first-order chi connectivity index (χ1) is 8.73. The van der Waals surface area contributed by atoms with Gasteiger partial charge in [-0.3, -0.25) is 0 Å². The van der Waals surface area contributed by atoms with Crippen LogP contribution in [0, 0.1) is 18.3 Å². The number of aromatic nitrogens is 2. The normalized spacial score (nSPS) is 22.4. The van der Waals surface area contributed by atoms with Gasteiger partial charge in [0.05, 0.1) is 19.3 Å². The van der Waals surface area contributed by atoms with E-state index in [1.165, 1.54) is 25.7 Å². The summed E-state index contributed by atoms with van der Waals surface area (Å²) in [4.78, 5) is 9.12. The van der Waals surface area contributed by atoms with Crippen LogP contribution in [0.5, 0.6) is 0 Å². The largest absolute Gasteiger partial charge is 0.377 e. The minimum atomic E-state index is -0.598. The van der Waals surface area contributed by atoms with E-state index in [0.717, 1.165) is 11.4 Å². The van der Waals surface area contributed by atoms with Crippen molar-refractivity contribution in [2.24, 2.45) is 0 Å². The van der Waals surface area contributed by atoms with Gasteiger partial charge in [-0.2, -0.15) is 5.26 Å². The second-order valence-corrected chi connectivity index (χ2v) is 5.43. The molecular weight excluding hydrogens is 226 g/mol. The molecule has 0 radical (unpaired) electrons. The van der Waals surface area contributed by atoms with Crippen molar-refractivity contribution in [1.82, 2.24) is 9.97 Å². The number of nitriles is 1. The van der Waals surface area contributed by atoms with Crippen LogP contribution in [-0.2, 0) is 10.2 Å². The highest BCUT2D eigenvalue weighted by molar-refractivity contribution is 5.28. The van der Waals surface area contributed by atoms with Gasteiger partial charge in [0.2, 0.25) is 0 Å². The Morgan fingerprint density at radius 3 is 2.61 bits per heavy atom. The van der Waals surface area contributed by atoms with E-state index in [9.17, 15) is 5.26 Å². The van der Waals surface area contributed by atoms with E-state index in [-0.39, 0.29) is 0 Å². The quantitative estimate of drug-likeness (QED) is 0.799. The zero-order valence-electron chi connectivity index (χ0n) is 10.6. The minimum absolute atomic E-state index is 0.428. The monoisotopic (exact) mass is 243 g/mol. The standard InChI is InChI=1S/C14H17N3O/c1-10-6-12(11-4-2-3-5-11)17-13(16-10)14(7-15)8-18-9-14/h6,11H,2-5,8-9H2,1H3. The molecule has 2 aliphatic rings. The van der Waals surface area contributed by atoms with Crippen molar-refractivity contribution in [3.63, 3.8) is 0 Å². The fraction of sp³-hybridized carbons (Fsp3) is 0.643. The molecular formula is C14H17N3O. The molecule has 1 aromatic rings. The molecule has 0 N–H and O–H groups in total. The molecule has 4 nitrogen and oxygen atoms in total. The maximum absolute atomic E-state index is 9.33. The number of hydrogen-bond donors (Lipinski definition) is 0. The van der Waals surface area contributed by atoms with Crippen LogP contribution in [0.2, 0.25) is 0 Å². The number of ether oxygens (including phenoxy) is 1. The zero-order chi connectivity index (χ0) is 12.6. The minimum Gasteiger partial charge on any atom is -0.377 e. The van der Waals surface area contributed by atoms with Crippen molar-refractivity contribution in [3.8, 4) is 6.07 Å². The Hall–Kier alpha value is -1.47. The first-order valence-corrected chi connectivity index (χ1v) is 6.59. The van der Waals surface area contributed by atoms with Gasteiger partial charge in [-0.05, 0) is 25.8 Å². The summed E-state index contributed by atoms with van der Waals surface area (Å²) in [5.41, 5.74) is 1.49. The van der Waals surface area contributed by atoms with Crippen LogP contribution in [-0.4, -0.2) is 23.2 Å². The van der Waals surface area contributed by atoms with Gasteiger partial charge < -0.3 is 4.74 Å². The van der Waals surface area contributed by atoms with Crippen LogP contribution in [0.4, 0.5) is 0 Å². The fourth-order valence-corrected chi connectivity index (χ4v) is 2.79. The molecule has 1 saturated heterocycles. The van der Waals surface area contributed by atoms with Gasteiger partial charge in [-0.15, -0.1) is 0 Å². The van der Waals surface area contributed by atoms with E-state index >= 15 is 0 Å². The molecule has 2 fully saturated rings. The summed E-state index contributed by atoms with van der Waals surface area (Å²) >= 11 is 0. The van der Waals surface area contributed by atoms with Gasteiger partial charge in [0.25, 0.3) is 0 Å². The lowest BCUT2D eigenvalue weighted by Crippen LogP contribution is -2.47. The summed E-state index contributed by atoms with van der Waals surface area (Å²) in [5, 5.41) is 9.33. The molecule has 1 aromatic heterocycles. The summed E-state index contributed by atoms with van der Waals surface area (Å²) in [7, 11) is 0. The van der Waals surface area contributed by atoms with Crippen molar-refractivity contribution in [2.75, 3.05) is 13.2 Å². The van der Waals surface area contributed by atoms with Crippen LogP contribution in [0.25, 0.3) is 0 Å². The van der Waals surface area contributed by atoms with Gasteiger partial charge in [0.1, 0.15) is 0 Å². The summed E-state index contributed by atoms with van der Waals surface area (Å²) in [6, 6.07) is 4.40. The fourth-order valence-electron chi connectivity index (χ4n) is 2.79. The van der Waals surface area contributed by atoms with E-state index in [1.54, 1.807) is 0 Å². The third-order valence-electron chi connectivity index (χ3n) is 3.99. The lowest BCUT2D eigenvalue weighted by atomic mass is 9.86. The van der Waals surface area contributed by atoms with Gasteiger partial charge in [0, 0.05) is 17.3 Å². The Bertz CT molecular complexity index is 496. The molecule has 0 amide bonds. The van der Waals surface area contributed by atoms with Gasteiger partial charge in [0.15, 0.2) is 11.2 Å². The SMILES string of the molecule is Cc1cc(C2CCCC2)nc(C2(C#N)COC2)n1. The van der Waals surface area contributed by atoms with Gasteiger partial charge in [-0.25, -0.2) is 9.97 Å². The number of nitrogens with zero attached hydrogens (tertiary/aromatic N) is 3. The number of hydrogen-bond acceptors (Lipinski definition) is 4. The summed E-state index contributed by atoms with van der Waals surface area (Å²) in [6.07, 6.45) is 5.00. The first kappa shape index (κ1) is 11.6. The molecule has 1 aliphatic carbocycles. The summed E-state index contributed by atoms with van der Waals surface area (Å²) in [6.45, 7) is 2.84. The lowest BCUT2D eigenvalue weighted by Gasteiger charge is -2.33. The number of rotatable bonds is 2. The molecule has 4 heteroatoms. The summed E-state index contributed by atoms with van der Waals surface area (Å²) < 4.78 is 5.19. The van der Waals surface area contributed by atoms with Gasteiger partial charge >= 0.3 is 0 Å². The highest BCUT2D eigenvalue weighted by Gasteiger charge is 2.44. The molecule has 0 bridgehead atoms. The van der Waals surface area contributed by atoms with Crippen LogP contribution in [0.1, 0.15) is 48.8 Å².